The van der Waals surface area contributed by atoms with Crippen LogP contribution >= 0.6 is 7.26 Å². The molecule has 124 valence electrons. The second-order valence-electron chi connectivity index (χ2n) is 6.72. The summed E-state index contributed by atoms with van der Waals surface area (Å²) in [7, 11) is -2.01. The molecule has 0 aliphatic heterocycles. The predicted molar refractivity (Wildman–Crippen MR) is 111 cm³/mol. The molecule has 24 heavy (non-hydrogen) atoms. The summed E-state index contributed by atoms with van der Waals surface area (Å²) in [5.74, 6) is 0.706. The van der Waals surface area contributed by atoms with Gasteiger partial charge in [-0.2, -0.15) is 0 Å². The van der Waals surface area contributed by atoms with Crippen molar-refractivity contribution in [3.8, 4) is 0 Å². The van der Waals surface area contributed by atoms with Crippen molar-refractivity contribution in [2.75, 3.05) is 6.16 Å². The fourth-order valence-electron chi connectivity index (χ4n) is 3.69. The summed E-state index contributed by atoms with van der Waals surface area (Å²) in [6.45, 7) is 4.71. The minimum atomic E-state index is -2.01. The van der Waals surface area contributed by atoms with Gasteiger partial charge in [0.05, 0.1) is 0 Å². The number of hydrogen-bond donors (Lipinski definition) is 0. The first-order chi connectivity index (χ1) is 11.8. The second-order valence-corrected chi connectivity index (χ2v) is 10.7. The molecule has 0 aromatic heterocycles. The van der Waals surface area contributed by atoms with E-state index in [0.717, 1.165) is 0 Å². The van der Waals surface area contributed by atoms with Gasteiger partial charge in [0.25, 0.3) is 0 Å². The number of rotatable bonds is 6. The third-order valence-electron chi connectivity index (χ3n) is 5.15. The molecule has 0 amide bonds. The Kier molecular flexibility index (Phi) is 5.48. The average Bonchev–Trinajstić information content (AvgIpc) is 2.68. The van der Waals surface area contributed by atoms with Crippen molar-refractivity contribution in [3.63, 3.8) is 0 Å². The number of benzene rings is 3. The van der Waals surface area contributed by atoms with Crippen molar-refractivity contribution in [3.05, 3.63) is 91.0 Å². The molecule has 1 unspecified atom stereocenters. The predicted octanol–water partition coefficient (Wildman–Crippen LogP) is 4.76. The standard InChI is InChI=1S/C23H27P/c1-3-20(2)19-24(21-13-7-4-8-14-21,22-15-9-5-10-16-22)23-17-11-6-12-18-23/h4-18,20,24H,3,19H2,1-2H3. The van der Waals surface area contributed by atoms with E-state index in [2.05, 4.69) is 105 Å². The Labute approximate surface area is 146 Å². The van der Waals surface area contributed by atoms with Crippen LogP contribution in [0.1, 0.15) is 20.3 Å². The Morgan fingerprint density at radius 1 is 0.625 bits per heavy atom. The van der Waals surface area contributed by atoms with Crippen LogP contribution in [0.25, 0.3) is 0 Å². The summed E-state index contributed by atoms with van der Waals surface area (Å²) in [5.41, 5.74) is 0. The first-order valence-corrected chi connectivity index (χ1v) is 11.1. The molecule has 3 aromatic rings. The van der Waals surface area contributed by atoms with E-state index in [9.17, 15) is 0 Å². The normalized spacial score (nSPS) is 13.4. The molecule has 0 aliphatic carbocycles. The molecule has 0 radical (unpaired) electrons. The zero-order valence-electron chi connectivity index (χ0n) is 14.7. The summed E-state index contributed by atoms with van der Waals surface area (Å²) in [5, 5.41) is 4.55. The van der Waals surface area contributed by atoms with Gasteiger partial charge in [-0.05, 0) is 0 Å². The molecule has 0 spiro atoms. The zero-order chi connectivity index (χ0) is 16.8. The van der Waals surface area contributed by atoms with Gasteiger partial charge in [0.2, 0.25) is 0 Å². The van der Waals surface area contributed by atoms with Crippen LogP contribution in [0.15, 0.2) is 91.0 Å². The average molecular weight is 334 g/mol. The summed E-state index contributed by atoms with van der Waals surface area (Å²) in [4.78, 5) is 0. The van der Waals surface area contributed by atoms with Crippen LogP contribution in [-0.2, 0) is 0 Å². The molecular formula is C23H27P. The van der Waals surface area contributed by atoms with Crippen LogP contribution in [0.5, 0.6) is 0 Å². The van der Waals surface area contributed by atoms with Crippen LogP contribution in [0.3, 0.4) is 0 Å². The van der Waals surface area contributed by atoms with Gasteiger partial charge in [-0.25, -0.2) is 0 Å². The molecule has 1 atom stereocenters. The van der Waals surface area contributed by atoms with Gasteiger partial charge in [0, 0.05) is 0 Å². The molecule has 0 bridgehead atoms. The fraction of sp³-hybridized carbons (Fsp3) is 0.217. The molecule has 0 N–H and O–H groups in total. The van der Waals surface area contributed by atoms with Gasteiger partial charge in [-0.15, -0.1) is 0 Å². The Balaban J connectivity index is 2.28. The third kappa shape index (κ3) is 3.30. The Morgan fingerprint density at radius 3 is 1.25 bits per heavy atom. The molecule has 1 heteroatoms. The van der Waals surface area contributed by atoms with Crippen LogP contribution in [0, 0.1) is 5.92 Å². The van der Waals surface area contributed by atoms with E-state index in [1.54, 1.807) is 0 Å². The third-order valence-corrected chi connectivity index (χ3v) is 10.4. The number of hydrogen-bond acceptors (Lipinski definition) is 0. The molecule has 0 nitrogen and oxygen atoms in total. The maximum atomic E-state index is 2.40. The molecule has 0 saturated carbocycles. The molecule has 0 heterocycles. The van der Waals surface area contributed by atoms with Crippen LogP contribution < -0.4 is 15.9 Å². The minimum absolute atomic E-state index is 0.706. The Hall–Kier alpha value is -1.91. The van der Waals surface area contributed by atoms with E-state index in [1.165, 1.54) is 28.5 Å². The second kappa shape index (κ2) is 7.77. The first-order valence-electron chi connectivity index (χ1n) is 8.94. The van der Waals surface area contributed by atoms with Crippen molar-refractivity contribution >= 4 is 23.2 Å². The van der Waals surface area contributed by atoms with Gasteiger partial charge in [-0.1, -0.05) is 0 Å². The van der Waals surface area contributed by atoms with E-state index < -0.39 is 7.26 Å². The van der Waals surface area contributed by atoms with Gasteiger partial charge >= 0.3 is 147 Å². The fourth-order valence-corrected chi connectivity index (χ4v) is 9.01. The first kappa shape index (κ1) is 16.9. The summed E-state index contributed by atoms with van der Waals surface area (Å²) >= 11 is 0. The Bertz CT molecular complexity index is 638. The van der Waals surface area contributed by atoms with Crippen molar-refractivity contribution in [2.24, 2.45) is 5.92 Å². The molecular weight excluding hydrogens is 307 g/mol. The SMILES string of the molecule is CCC(C)C[PH](c1ccccc1)(c1ccccc1)c1ccccc1. The van der Waals surface area contributed by atoms with E-state index in [0.29, 0.717) is 5.92 Å². The van der Waals surface area contributed by atoms with Crippen molar-refractivity contribution in [1.29, 1.82) is 0 Å². The molecule has 3 rings (SSSR count). The topological polar surface area (TPSA) is 0 Å². The van der Waals surface area contributed by atoms with Crippen LogP contribution in [-0.4, -0.2) is 6.16 Å². The van der Waals surface area contributed by atoms with E-state index in [-0.39, 0.29) is 0 Å². The van der Waals surface area contributed by atoms with Crippen molar-refractivity contribution in [1.82, 2.24) is 0 Å². The van der Waals surface area contributed by atoms with E-state index in [1.807, 2.05) is 0 Å². The summed E-state index contributed by atoms with van der Waals surface area (Å²) in [6, 6.07) is 33.6. The molecule has 0 fully saturated rings. The van der Waals surface area contributed by atoms with Gasteiger partial charge in [0.1, 0.15) is 0 Å². The van der Waals surface area contributed by atoms with Crippen LogP contribution in [0.2, 0.25) is 0 Å². The molecule has 3 aromatic carbocycles. The van der Waals surface area contributed by atoms with Crippen molar-refractivity contribution in [2.45, 2.75) is 20.3 Å². The van der Waals surface area contributed by atoms with E-state index in [4.69, 9.17) is 0 Å². The quantitative estimate of drug-likeness (QED) is 0.570. The van der Waals surface area contributed by atoms with Gasteiger partial charge in [0.15, 0.2) is 0 Å². The van der Waals surface area contributed by atoms with Gasteiger partial charge in [-0.3, -0.25) is 0 Å². The van der Waals surface area contributed by atoms with Gasteiger partial charge < -0.3 is 0 Å². The van der Waals surface area contributed by atoms with Crippen LogP contribution in [0.4, 0.5) is 0 Å². The summed E-state index contributed by atoms with van der Waals surface area (Å²) < 4.78 is 0. The van der Waals surface area contributed by atoms with E-state index >= 15 is 0 Å². The zero-order valence-corrected chi connectivity index (χ0v) is 15.7. The monoisotopic (exact) mass is 334 g/mol. The van der Waals surface area contributed by atoms with Crippen molar-refractivity contribution < 1.29 is 0 Å². The Morgan fingerprint density at radius 2 is 0.958 bits per heavy atom. The maximum absolute atomic E-state index is 2.40. The summed E-state index contributed by atoms with van der Waals surface area (Å²) in [6.07, 6.45) is 2.47. The molecule has 0 aliphatic rings. The molecule has 0 saturated heterocycles.